The van der Waals surface area contributed by atoms with Crippen LogP contribution < -0.4 is 5.73 Å². The summed E-state index contributed by atoms with van der Waals surface area (Å²) in [5, 5.41) is 9.23. The maximum atomic E-state index is 9.23. The van der Waals surface area contributed by atoms with Crippen LogP contribution in [0.2, 0.25) is 0 Å². The molecule has 56 valence electrons. The molecule has 10 heavy (non-hydrogen) atoms. The van der Waals surface area contributed by atoms with Crippen molar-refractivity contribution in [2.75, 3.05) is 6.54 Å². The van der Waals surface area contributed by atoms with Gasteiger partial charge in [0.2, 0.25) is 0 Å². The molecule has 0 aromatic carbocycles. The molecule has 0 spiro atoms. The molecule has 1 heterocycles. The number of hydrogen-bond donors (Lipinski definition) is 2. The van der Waals surface area contributed by atoms with Gasteiger partial charge in [-0.2, -0.15) is 0 Å². The molecule has 2 nitrogen and oxygen atoms in total. The summed E-state index contributed by atoms with van der Waals surface area (Å²) in [6, 6.07) is 3.90. The largest absolute Gasteiger partial charge is 0.386 e. The summed E-state index contributed by atoms with van der Waals surface area (Å²) in [7, 11) is 0. The van der Waals surface area contributed by atoms with Gasteiger partial charge >= 0.3 is 0 Å². The second-order valence-electron chi connectivity index (χ2n) is 2.20. The molecule has 1 aromatic rings. The number of hydrogen-bond acceptors (Lipinski definition) is 3. The highest BCUT2D eigenvalue weighted by atomic mass is 32.1. The highest BCUT2D eigenvalue weighted by molar-refractivity contribution is 7.12. The molecule has 3 N–H and O–H groups in total. The van der Waals surface area contributed by atoms with E-state index in [2.05, 4.69) is 0 Å². The lowest BCUT2D eigenvalue weighted by atomic mass is 10.3. The second-order valence-corrected chi connectivity index (χ2v) is 3.52. The Morgan fingerprint density at radius 3 is 2.80 bits per heavy atom. The van der Waals surface area contributed by atoms with E-state index in [9.17, 15) is 5.11 Å². The van der Waals surface area contributed by atoms with Crippen molar-refractivity contribution >= 4 is 11.3 Å². The first-order valence-corrected chi connectivity index (χ1v) is 4.00. The lowest BCUT2D eigenvalue weighted by Crippen LogP contribution is -2.09. The number of nitrogens with two attached hydrogens (primary N) is 1. The molecule has 1 aromatic heterocycles. The number of rotatable bonds is 2. The molecular weight excluding hydrogens is 146 g/mol. The van der Waals surface area contributed by atoms with Crippen LogP contribution in [0.25, 0.3) is 0 Å². The topological polar surface area (TPSA) is 46.2 Å². The summed E-state index contributed by atoms with van der Waals surface area (Å²) in [5.74, 6) is 0. The summed E-state index contributed by atoms with van der Waals surface area (Å²) in [6.45, 7) is 2.32. The van der Waals surface area contributed by atoms with Crippen LogP contribution in [0, 0.1) is 6.92 Å². The average molecular weight is 157 g/mol. The monoisotopic (exact) mass is 157 g/mol. The van der Waals surface area contributed by atoms with Crippen LogP contribution in [0.1, 0.15) is 15.9 Å². The standard InChI is InChI=1S/C7H11NOS/c1-5-2-3-7(10-5)6(9)4-8/h2-3,6,9H,4,8H2,1H3/t6-/m1/s1. The van der Waals surface area contributed by atoms with E-state index in [0.29, 0.717) is 6.54 Å². The third-order valence-electron chi connectivity index (χ3n) is 1.31. The summed E-state index contributed by atoms with van der Waals surface area (Å²) >= 11 is 1.59. The summed E-state index contributed by atoms with van der Waals surface area (Å²) in [5.41, 5.74) is 5.27. The van der Waals surface area contributed by atoms with Gasteiger partial charge < -0.3 is 10.8 Å². The molecule has 0 bridgehead atoms. The Morgan fingerprint density at radius 1 is 1.70 bits per heavy atom. The fourth-order valence-corrected chi connectivity index (χ4v) is 1.62. The second kappa shape index (κ2) is 3.14. The molecular formula is C7H11NOS. The van der Waals surface area contributed by atoms with Crippen LogP contribution in [-0.4, -0.2) is 11.7 Å². The first-order chi connectivity index (χ1) is 4.74. The highest BCUT2D eigenvalue weighted by Gasteiger charge is 2.05. The Hall–Kier alpha value is -0.380. The zero-order valence-electron chi connectivity index (χ0n) is 5.87. The summed E-state index contributed by atoms with van der Waals surface area (Å²) in [4.78, 5) is 2.17. The number of aryl methyl sites for hydroxylation is 1. The van der Waals surface area contributed by atoms with Crippen molar-refractivity contribution in [1.29, 1.82) is 0 Å². The van der Waals surface area contributed by atoms with Gasteiger partial charge in [-0.15, -0.1) is 11.3 Å². The molecule has 1 rings (SSSR count). The first-order valence-electron chi connectivity index (χ1n) is 3.18. The Kier molecular flexibility index (Phi) is 2.43. The van der Waals surface area contributed by atoms with Gasteiger partial charge in [-0.05, 0) is 19.1 Å². The van der Waals surface area contributed by atoms with Gasteiger partial charge in [-0.25, -0.2) is 0 Å². The fraction of sp³-hybridized carbons (Fsp3) is 0.429. The molecule has 1 atom stereocenters. The van der Waals surface area contributed by atoms with E-state index in [1.807, 2.05) is 19.1 Å². The van der Waals surface area contributed by atoms with Crippen molar-refractivity contribution in [3.8, 4) is 0 Å². The van der Waals surface area contributed by atoms with Crippen LogP contribution in [0.4, 0.5) is 0 Å². The minimum absolute atomic E-state index is 0.306. The highest BCUT2D eigenvalue weighted by Crippen LogP contribution is 2.21. The Bertz CT molecular complexity index is 209. The first kappa shape index (κ1) is 7.72. The molecule has 0 amide bonds. The molecule has 0 aliphatic carbocycles. The van der Waals surface area contributed by atoms with E-state index < -0.39 is 6.10 Å². The van der Waals surface area contributed by atoms with Crippen molar-refractivity contribution in [3.63, 3.8) is 0 Å². The third-order valence-corrected chi connectivity index (χ3v) is 2.41. The van der Waals surface area contributed by atoms with Crippen LogP contribution >= 0.6 is 11.3 Å². The molecule has 0 aliphatic heterocycles. The lowest BCUT2D eigenvalue weighted by molar-refractivity contribution is 0.190. The third kappa shape index (κ3) is 1.56. The lowest BCUT2D eigenvalue weighted by Gasteiger charge is -2.01. The minimum Gasteiger partial charge on any atom is -0.386 e. The molecule has 0 aliphatic rings. The summed E-state index contributed by atoms with van der Waals surface area (Å²) < 4.78 is 0. The van der Waals surface area contributed by atoms with Crippen LogP contribution in [0.15, 0.2) is 12.1 Å². The zero-order valence-corrected chi connectivity index (χ0v) is 6.69. The van der Waals surface area contributed by atoms with Crippen LogP contribution in [0.3, 0.4) is 0 Å². The number of aliphatic hydroxyl groups is 1. The van der Waals surface area contributed by atoms with Crippen molar-refractivity contribution in [2.24, 2.45) is 5.73 Å². The van der Waals surface area contributed by atoms with E-state index in [1.165, 1.54) is 4.88 Å². The SMILES string of the molecule is Cc1ccc([C@H](O)CN)s1. The minimum atomic E-state index is -0.473. The zero-order chi connectivity index (χ0) is 7.56. The van der Waals surface area contributed by atoms with Gasteiger partial charge in [0.15, 0.2) is 0 Å². The van der Waals surface area contributed by atoms with E-state index in [1.54, 1.807) is 11.3 Å². The van der Waals surface area contributed by atoms with E-state index in [4.69, 9.17) is 5.73 Å². The van der Waals surface area contributed by atoms with E-state index in [0.717, 1.165) is 4.88 Å². The molecule has 0 saturated heterocycles. The van der Waals surface area contributed by atoms with Crippen LogP contribution in [0.5, 0.6) is 0 Å². The molecule has 3 heteroatoms. The molecule has 0 radical (unpaired) electrons. The van der Waals surface area contributed by atoms with Crippen molar-refractivity contribution in [3.05, 3.63) is 21.9 Å². The average Bonchev–Trinajstić information content (AvgIpc) is 2.34. The number of aliphatic hydroxyl groups excluding tert-OH is 1. The maximum Gasteiger partial charge on any atom is 0.100 e. The van der Waals surface area contributed by atoms with Gasteiger partial charge in [0.25, 0.3) is 0 Å². The molecule has 0 unspecified atom stereocenters. The van der Waals surface area contributed by atoms with Gasteiger partial charge in [-0.3, -0.25) is 0 Å². The van der Waals surface area contributed by atoms with Crippen LogP contribution in [-0.2, 0) is 0 Å². The van der Waals surface area contributed by atoms with Gasteiger partial charge in [0.1, 0.15) is 6.10 Å². The van der Waals surface area contributed by atoms with Gasteiger partial charge in [-0.1, -0.05) is 0 Å². The quantitative estimate of drug-likeness (QED) is 0.674. The Morgan fingerprint density at radius 2 is 2.40 bits per heavy atom. The van der Waals surface area contributed by atoms with Crippen molar-refractivity contribution in [2.45, 2.75) is 13.0 Å². The van der Waals surface area contributed by atoms with Gasteiger partial charge in [0, 0.05) is 16.3 Å². The van der Waals surface area contributed by atoms with Crippen molar-refractivity contribution < 1.29 is 5.11 Å². The predicted octanol–water partition coefficient (Wildman–Crippen LogP) is 1.05. The predicted molar refractivity (Wildman–Crippen MR) is 43.1 cm³/mol. The van der Waals surface area contributed by atoms with E-state index >= 15 is 0 Å². The smallest absolute Gasteiger partial charge is 0.100 e. The van der Waals surface area contributed by atoms with E-state index in [-0.39, 0.29) is 0 Å². The normalized spacial score (nSPS) is 13.5. The maximum absolute atomic E-state index is 9.23. The fourth-order valence-electron chi connectivity index (χ4n) is 0.749. The Labute approximate surface area is 64.3 Å². The van der Waals surface area contributed by atoms with Gasteiger partial charge in [0.05, 0.1) is 0 Å². The molecule has 0 fully saturated rings. The number of thiophene rings is 1. The summed E-state index contributed by atoms with van der Waals surface area (Å²) in [6.07, 6.45) is -0.473. The Balaban J connectivity index is 2.74. The van der Waals surface area contributed by atoms with Crippen molar-refractivity contribution in [1.82, 2.24) is 0 Å². The molecule has 0 saturated carbocycles.